The Hall–Kier alpha value is -0.150. The molecule has 1 unspecified atom stereocenters. The van der Waals surface area contributed by atoms with Crippen molar-refractivity contribution in [2.45, 2.75) is 57.1 Å². The predicted molar refractivity (Wildman–Crippen MR) is 79.0 cm³/mol. The summed E-state index contributed by atoms with van der Waals surface area (Å²) < 4.78 is 41.4. The van der Waals surface area contributed by atoms with E-state index in [-0.39, 0.29) is 36.0 Å². The molecule has 0 amide bonds. The summed E-state index contributed by atoms with van der Waals surface area (Å²) in [5.41, 5.74) is 0. The van der Waals surface area contributed by atoms with E-state index < -0.39 is 33.2 Å². The molecule has 0 aromatic carbocycles. The molecule has 0 aromatic rings. The summed E-state index contributed by atoms with van der Waals surface area (Å²) in [6.45, 7) is 4.03. The van der Waals surface area contributed by atoms with Crippen LogP contribution in [0.4, 0.5) is 0 Å². The SMILES string of the molecule is CCC(CC)CCCC(CC(=O)OC)(C(=O)OC)S(=O)(=O)[O-].[Na+]. The van der Waals surface area contributed by atoms with Gasteiger partial charge in [0.2, 0.25) is 0 Å². The largest absolute Gasteiger partial charge is 1.00 e. The Bertz CT molecular complexity index is 474. The van der Waals surface area contributed by atoms with Crippen LogP contribution in [0, 0.1) is 5.92 Å². The van der Waals surface area contributed by atoms with Crippen molar-refractivity contribution in [1.29, 1.82) is 0 Å². The van der Waals surface area contributed by atoms with Crippen molar-refractivity contribution in [2.75, 3.05) is 14.2 Å². The summed E-state index contributed by atoms with van der Waals surface area (Å²) in [5, 5.41) is 0. The zero-order valence-corrected chi connectivity index (χ0v) is 17.4. The minimum absolute atomic E-state index is 0. The quantitative estimate of drug-likeness (QED) is 0.268. The minimum Gasteiger partial charge on any atom is -0.747 e. The molecule has 9 heteroatoms. The third kappa shape index (κ3) is 7.09. The third-order valence-electron chi connectivity index (χ3n) is 4.04. The maximum Gasteiger partial charge on any atom is 1.00 e. The first kappa shape index (κ1) is 25.1. The average Bonchev–Trinajstić information content (AvgIpc) is 2.48. The third-order valence-corrected chi connectivity index (χ3v) is 5.51. The summed E-state index contributed by atoms with van der Waals surface area (Å²) in [5.74, 6) is -1.77. The van der Waals surface area contributed by atoms with Crippen LogP contribution in [0.3, 0.4) is 0 Å². The van der Waals surface area contributed by atoms with E-state index in [9.17, 15) is 22.6 Å². The number of hydrogen-bond donors (Lipinski definition) is 0. The maximum atomic E-state index is 11.9. The molecule has 130 valence electrons. The number of hydrogen-bond acceptors (Lipinski definition) is 7. The Morgan fingerprint density at radius 1 is 1.13 bits per heavy atom. The molecule has 0 heterocycles. The predicted octanol–water partition coefficient (Wildman–Crippen LogP) is -1.38. The van der Waals surface area contributed by atoms with E-state index in [1.165, 1.54) is 0 Å². The number of rotatable bonds is 10. The zero-order chi connectivity index (χ0) is 17.4. The Labute approximate surface area is 160 Å². The van der Waals surface area contributed by atoms with Gasteiger partial charge >= 0.3 is 41.5 Å². The van der Waals surface area contributed by atoms with Crippen LogP contribution in [0.25, 0.3) is 0 Å². The van der Waals surface area contributed by atoms with Crippen molar-refractivity contribution in [3.63, 3.8) is 0 Å². The Morgan fingerprint density at radius 3 is 2.00 bits per heavy atom. The fourth-order valence-electron chi connectivity index (χ4n) is 2.44. The summed E-state index contributed by atoms with van der Waals surface area (Å²) in [6, 6.07) is 0. The van der Waals surface area contributed by atoms with Crippen LogP contribution in [0.5, 0.6) is 0 Å². The number of ether oxygens (including phenoxy) is 2. The second-order valence-corrected chi connectivity index (χ2v) is 6.96. The maximum absolute atomic E-state index is 11.9. The molecular formula is C14H25NaO7S. The topological polar surface area (TPSA) is 110 Å². The fourth-order valence-corrected chi connectivity index (χ4v) is 3.42. The van der Waals surface area contributed by atoms with Gasteiger partial charge in [-0.05, 0) is 12.3 Å². The van der Waals surface area contributed by atoms with Crippen LogP contribution in [0.1, 0.15) is 52.4 Å². The van der Waals surface area contributed by atoms with E-state index in [1.807, 2.05) is 13.8 Å². The summed E-state index contributed by atoms with van der Waals surface area (Å²) in [6.07, 6.45) is 1.76. The van der Waals surface area contributed by atoms with Gasteiger partial charge in [0, 0.05) is 0 Å². The van der Waals surface area contributed by atoms with E-state index in [4.69, 9.17) is 0 Å². The van der Waals surface area contributed by atoms with Gasteiger partial charge in [0.15, 0.2) is 4.75 Å². The standard InChI is InChI=1S/C14H26O7S.Na/c1-5-11(6-2)8-7-9-14(13(16)21-4,22(17,18)19)10-12(15)20-3;/h11H,5-10H2,1-4H3,(H,17,18,19);/q;+1/p-1. The van der Waals surface area contributed by atoms with Gasteiger partial charge in [-0.3, -0.25) is 9.59 Å². The molecule has 0 aliphatic heterocycles. The normalized spacial score (nSPS) is 13.8. The van der Waals surface area contributed by atoms with Crippen molar-refractivity contribution < 1.29 is 61.6 Å². The molecule has 0 radical (unpaired) electrons. The smallest absolute Gasteiger partial charge is 0.747 e. The van der Waals surface area contributed by atoms with E-state index >= 15 is 0 Å². The van der Waals surface area contributed by atoms with Crippen molar-refractivity contribution in [3.8, 4) is 0 Å². The van der Waals surface area contributed by atoms with Crippen LogP contribution in [0.2, 0.25) is 0 Å². The van der Waals surface area contributed by atoms with Gasteiger partial charge in [-0.15, -0.1) is 0 Å². The van der Waals surface area contributed by atoms with Crippen LogP contribution >= 0.6 is 0 Å². The van der Waals surface area contributed by atoms with Crippen molar-refractivity contribution in [2.24, 2.45) is 5.92 Å². The minimum atomic E-state index is -5.08. The number of carbonyl (C=O) groups is 2. The van der Waals surface area contributed by atoms with Crippen LogP contribution in [-0.2, 0) is 29.2 Å². The first-order chi connectivity index (χ1) is 10.2. The summed E-state index contributed by atoms with van der Waals surface area (Å²) >= 11 is 0. The van der Waals surface area contributed by atoms with E-state index in [2.05, 4.69) is 9.47 Å². The molecular weight excluding hydrogens is 335 g/mol. The molecule has 0 bridgehead atoms. The Kier molecular flexibility index (Phi) is 12.5. The van der Waals surface area contributed by atoms with E-state index in [1.54, 1.807) is 0 Å². The number of esters is 2. The summed E-state index contributed by atoms with van der Waals surface area (Å²) in [7, 11) is -3.03. The molecule has 0 spiro atoms. The van der Waals surface area contributed by atoms with Crippen molar-refractivity contribution in [1.82, 2.24) is 0 Å². The molecule has 0 rings (SSSR count). The van der Waals surface area contributed by atoms with Gasteiger partial charge in [-0.1, -0.05) is 39.5 Å². The van der Waals surface area contributed by atoms with E-state index in [0.29, 0.717) is 18.8 Å². The zero-order valence-electron chi connectivity index (χ0n) is 14.6. The van der Waals surface area contributed by atoms with Gasteiger partial charge in [0.05, 0.1) is 20.6 Å². The molecule has 0 aromatic heterocycles. The molecule has 1 atom stereocenters. The van der Waals surface area contributed by atoms with Crippen LogP contribution in [-0.4, -0.2) is 43.9 Å². The van der Waals surface area contributed by atoms with Gasteiger partial charge in [0.25, 0.3) is 0 Å². The van der Waals surface area contributed by atoms with Gasteiger partial charge in [0.1, 0.15) is 10.1 Å². The molecule has 7 nitrogen and oxygen atoms in total. The monoisotopic (exact) mass is 360 g/mol. The first-order valence-electron chi connectivity index (χ1n) is 7.29. The first-order valence-corrected chi connectivity index (χ1v) is 8.69. The second-order valence-electron chi connectivity index (χ2n) is 5.27. The molecule has 0 aliphatic carbocycles. The van der Waals surface area contributed by atoms with Gasteiger partial charge in [-0.2, -0.15) is 0 Å². The Morgan fingerprint density at radius 2 is 1.65 bits per heavy atom. The molecule has 23 heavy (non-hydrogen) atoms. The molecule has 0 saturated carbocycles. The van der Waals surface area contributed by atoms with Crippen molar-refractivity contribution >= 4 is 22.1 Å². The molecule has 0 fully saturated rings. The second kappa shape index (κ2) is 11.4. The molecule has 0 saturated heterocycles. The number of carbonyl (C=O) groups excluding carboxylic acids is 2. The van der Waals surface area contributed by atoms with Gasteiger partial charge in [-0.25, -0.2) is 8.42 Å². The van der Waals surface area contributed by atoms with Gasteiger partial charge < -0.3 is 14.0 Å². The van der Waals surface area contributed by atoms with Crippen LogP contribution < -0.4 is 29.6 Å². The molecule has 0 N–H and O–H groups in total. The number of methoxy groups -OCH3 is 2. The fraction of sp³-hybridized carbons (Fsp3) is 0.857. The van der Waals surface area contributed by atoms with Crippen molar-refractivity contribution in [3.05, 3.63) is 0 Å². The van der Waals surface area contributed by atoms with E-state index in [0.717, 1.165) is 27.1 Å². The van der Waals surface area contributed by atoms with Crippen LogP contribution in [0.15, 0.2) is 0 Å². The molecule has 0 aliphatic rings. The Balaban J connectivity index is 0. The summed E-state index contributed by atoms with van der Waals surface area (Å²) in [4.78, 5) is 23.4. The average molecular weight is 360 g/mol.